The van der Waals surface area contributed by atoms with Gasteiger partial charge in [-0.15, -0.1) is 0 Å². The van der Waals surface area contributed by atoms with Crippen molar-refractivity contribution < 1.29 is 9.59 Å². The first-order chi connectivity index (χ1) is 8.57. The summed E-state index contributed by atoms with van der Waals surface area (Å²) in [5, 5.41) is 2.92. The molecule has 0 aliphatic rings. The minimum absolute atomic E-state index is 0.154. The standard InChI is InChI=1S/C14H27NO2S/c1-12(2)13(16)8-5-4-6-10-15-14(17)9-7-11-18-3/h12H,4-11H2,1-3H3,(H,15,17). The molecule has 0 spiro atoms. The van der Waals surface area contributed by atoms with E-state index in [2.05, 4.69) is 11.6 Å². The molecule has 0 rings (SSSR count). The molecule has 0 aliphatic carbocycles. The molecule has 0 radical (unpaired) electrons. The third-order valence-corrected chi connectivity index (χ3v) is 3.52. The zero-order valence-electron chi connectivity index (χ0n) is 12.0. The first-order valence-electron chi connectivity index (χ1n) is 6.86. The van der Waals surface area contributed by atoms with Crippen molar-refractivity contribution in [1.29, 1.82) is 0 Å². The molecular weight excluding hydrogens is 246 g/mol. The Hall–Kier alpha value is -0.510. The lowest BCUT2D eigenvalue weighted by Crippen LogP contribution is -2.24. The number of hydrogen-bond donors (Lipinski definition) is 1. The van der Waals surface area contributed by atoms with Gasteiger partial charge in [0.2, 0.25) is 5.91 Å². The molecule has 106 valence electrons. The topological polar surface area (TPSA) is 46.2 Å². The molecule has 0 saturated heterocycles. The van der Waals surface area contributed by atoms with Crippen LogP contribution < -0.4 is 5.32 Å². The van der Waals surface area contributed by atoms with E-state index in [9.17, 15) is 9.59 Å². The van der Waals surface area contributed by atoms with Crippen molar-refractivity contribution in [2.24, 2.45) is 5.92 Å². The smallest absolute Gasteiger partial charge is 0.220 e. The van der Waals surface area contributed by atoms with Gasteiger partial charge in [0, 0.05) is 25.3 Å². The van der Waals surface area contributed by atoms with Crippen LogP contribution in [-0.4, -0.2) is 30.2 Å². The summed E-state index contributed by atoms with van der Waals surface area (Å²) in [6.45, 7) is 4.63. The maximum absolute atomic E-state index is 11.4. The maximum atomic E-state index is 11.4. The summed E-state index contributed by atoms with van der Waals surface area (Å²) in [6.07, 6.45) is 7.25. The van der Waals surface area contributed by atoms with Gasteiger partial charge in [0.05, 0.1) is 0 Å². The van der Waals surface area contributed by atoms with Crippen LogP contribution in [0.1, 0.15) is 52.4 Å². The van der Waals surface area contributed by atoms with Gasteiger partial charge in [-0.25, -0.2) is 0 Å². The number of carbonyl (C=O) groups is 2. The van der Waals surface area contributed by atoms with Crippen molar-refractivity contribution in [2.75, 3.05) is 18.6 Å². The predicted molar refractivity (Wildman–Crippen MR) is 78.9 cm³/mol. The van der Waals surface area contributed by atoms with Crippen molar-refractivity contribution in [2.45, 2.75) is 52.4 Å². The summed E-state index contributed by atoms with van der Waals surface area (Å²) >= 11 is 1.77. The number of amides is 1. The summed E-state index contributed by atoms with van der Waals surface area (Å²) in [5.41, 5.74) is 0. The zero-order valence-corrected chi connectivity index (χ0v) is 12.8. The number of thioether (sulfide) groups is 1. The lowest BCUT2D eigenvalue weighted by molar-refractivity contribution is -0.122. The first-order valence-corrected chi connectivity index (χ1v) is 8.25. The van der Waals surface area contributed by atoms with Crippen molar-refractivity contribution >= 4 is 23.5 Å². The quantitative estimate of drug-likeness (QED) is 0.589. The molecular formula is C14H27NO2S. The van der Waals surface area contributed by atoms with Crippen molar-refractivity contribution in [3.8, 4) is 0 Å². The van der Waals surface area contributed by atoms with Crippen LogP contribution in [0.5, 0.6) is 0 Å². The van der Waals surface area contributed by atoms with Crippen molar-refractivity contribution in [1.82, 2.24) is 5.32 Å². The molecule has 0 aromatic heterocycles. The van der Waals surface area contributed by atoms with E-state index in [1.54, 1.807) is 11.8 Å². The molecule has 0 aromatic rings. The van der Waals surface area contributed by atoms with E-state index in [1.165, 1.54) is 0 Å². The van der Waals surface area contributed by atoms with Crippen LogP contribution in [0.4, 0.5) is 0 Å². The van der Waals surface area contributed by atoms with Gasteiger partial charge in [0.15, 0.2) is 0 Å². The second-order valence-corrected chi connectivity index (χ2v) is 5.86. The number of unbranched alkanes of at least 4 members (excludes halogenated alkanes) is 2. The molecule has 0 bridgehead atoms. The van der Waals surface area contributed by atoms with E-state index in [1.807, 2.05) is 13.8 Å². The highest BCUT2D eigenvalue weighted by Gasteiger charge is 2.06. The minimum atomic E-state index is 0.154. The van der Waals surface area contributed by atoms with Crippen molar-refractivity contribution in [3.63, 3.8) is 0 Å². The Labute approximate surface area is 115 Å². The Morgan fingerprint density at radius 1 is 1.06 bits per heavy atom. The van der Waals surface area contributed by atoms with Crippen LogP contribution in [0.25, 0.3) is 0 Å². The van der Waals surface area contributed by atoms with Crippen LogP contribution >= 0.6 is 11.8 Å². The first kappa shape index (κ1) is 17.5. The fourth-order valence-corrected chi connectivity index (χ4v) is 2.02. The fraction of sp³-hybridized carbons (Fsp3) is 0.857. The van der Waals surface area contributed by atoms with Gasteiger partial charge >= 0.3 is 0 Å². The molecule has 18 heavy (non-hydrogen) atoms. The Bertz CT molecular complexity index is 242. The molecule has 0 aromatic carbocycles. The third kappa shape index (κ3) is 10.6. The number of nitrogens with one attached hydrogen (secondary N) is 1. The monoisotopic (exact) mass is 273 g/mol. The van der Waals surface area contributed by atoms with E-state index in [0.717, 1.165) is 38.0 Å². The van der Waals surface area contributed by atoms with E-state index in [4.69, 9.17) is 0 Å². The Morgan fingerprint density at radius 3 is 2.39 bits per heavy atom. The molecule has 0 aliphatic heterocycles. The van der Waals surface area contributed by atoms with Gasteiger partial charge in [0.1, 0.15) is 5.78 Å². The number of Topliss-reactive ketones (excluding diaryl/α,β-unsaturated/α-hetero) is 1. The fourth-order valence-electron chi connectivity index (χ4n) is 1.58. The summed E-state index contributed by atoms with van der Waals surface area (Å²) in [7, 11) is 0. The SMILES string of the molecule is CSCCCC(=O)NCCCCCC(=O)C(C)C. The summed E-state index contributed by atoms with van der Waals surface area (Å²) in [4.78, 5) is 22.7. The lowest BCUT2D eigenvalue weighted by Gasteiger charge is -2.06. The predicted octanol–water partition coefficient (Wildman–Crippen LogP) is 3.03. The van der Waals surface area contributed by atoms with Gasteiger partial charge in [-0.3, -0.25) is 9.59 Å². The van der Waals surface area contributed by atoms with E-state index >= 15 is 0 Å². The Morgan fingerprint density at radius 2 is 1.78 bits per heavy atom. The normalized spacial score (nSPS) is 10.7. The minimum Gasteiger partial charge on any atom is -0.356 e. The third-order valence-electron chi connectivity index (χ3n) is 2.82. The molecule has 0 fully saturated rings. The van der Waals surface area contributed by atoms with Gasteiger partial charge in [0.25, 0.3) is 0 Å². The summed E-state index contributed by atoms with van der Waals surface area (Å²) in [5.74, 6) is 1.70. The largest absolute Gasteiger partial charge is 0.356 e. The zero-order chi connectivity index (χ0) is 13.8. The molecule has 0 saturated carbocycles. The molecule has 3 nitrogen and oxygen atoms in total. The molecule has 0 unspecified atom stereocenters. The highest BCUT2D eigenvalue weighted by molar-refractivity contribution is 7.98. The van der Waals surface area contributed by atoms with E-state index < -0.39 is 0 Å². The highest BCUT2D eigenvalue weighted by atomic mass is 32.2. The number of rotatable bonds is 11. The van der Waals surface area contributed by atoms with Crippen LogP contribution in [0.3, 0.4) is 0 Å². The second kappa shape index (κ2) is 11.6. The molecule has 4 heteroatoms. The molecule has 0 atom stereocenters. The maximum Gasteiger partial charge on any atom is 0.220 e. The molecule has 1 N–H and O–H groups in total. The van der Waals surface area contributed by atoms with E-state index in [-0.39, 0.29) is 11.8 Å². The summed E-state index contributed by atoms with van der Waals surface area (Å²) < 4.78 is 0. The molecule has 0 heterocycles. The summed E-state index contributed by atoms with van der Waals surface area (Å²) in [6, 6.07) is 0. The van der Waals surface area contributed by atoms with Gasteiger partial charge in [-0.05, 0) is 31.3 Å². The average molecular weight is 273 g/mol. The Kier molecular flexibility index (Phi) is 11.2. The average Bonchev–Trinajstić information content (AvgIpc) is 2.33. The van der Waals surface area contributed by atoms with Gasteiger partial charge in [-0.2, -0.15) is 11.8 Å². The number of carbonyl (C=O) groups excluding carboxylic acids is 2. The highest BCUT2D eigenvalue weighted by Crippen LogP contribution is 2.05. The number of hydrogen-bond acceptors (Lipinski definition) is 3. The van der Waals surface area contributed by atoms with Crippen LogP contribution in [0.2, 0.25) is 0 Å². The van der Waals surface area contributed by atoms with Gasteiger partial charge in [-0.1, -0.05) is 20.3 Å². The second-order valence-electron chi connectivity index (χ2n) is 4.88. The van der Waals surface area contributed by atoms with Gasteiger partial charge < -0.3 is 5.32 Å². The molecule has 1 amide bonds. The van der Waals surface area contributed by atoms with E-state index in [0.29, 0.717) is 18.6 Å². The Balaban J connectivity index is 3.29. The van der Waals surface area contributed by atoms with Crippen molar-refractivity contribution in [3.05, 3.63) is 0 Å². The number of ketones is 1. The van der Waals surface area contributed by atoms with Crippen LogP contribution in [0, 0.1) is 5.92 Å². The lowest BCUT2D eigenvalue weighted by atomic mass is 10.0. The van der Waals surface area contributed by atoms with Crippen LogP contribution in [-0.2, 0) is 9.59 Å². The van der Waals surface area contributed by atoms with Crippen LogP contribution in [0.15, 0.2) is 0 Å².